The van der Waals surface area contributed by atoms with Crippen molar-refractivity contribution in [2.24, 2.45) is 0 Å². The fourth-order valence-corrected chi connectivity index (χ4v) is 3.70. The van der Waals surface area contributed by atoms with E-state index in [0.717, 1.165) is 22.3 Å². The van der Waals surface area contributed by atoms with E-state index in [1.54, 1.807) is 14.0 Å². The summed E-state index contributed by atoms with van der Waals surface area (Å²) in [5.74, 6) is -0.0204. The van der Waals surface area contributed by atoms with Gasteiger partial charge in [-0.3, -0.25) is 4.79 Å². The molecule has 0 heterocycles. The average Bonchev–Trinajstić information content (AvgIpc) is 2.90. The van der Waals surface area contributed by atoms with Crippen LogP contribution in [0.25, 0.3) is 5.57 Å². The number of fused-ring (bicyclic) bond motifs is 1. The van der Waals surface area contributed by atoms with E-state index < -0.39 is 11.5 Å². The van der Waals surface area contributed by atoms with Crippen LogP contribution in [0.5, 0.6) is 5.75 Å². The molecule has 1 atom stereocenters. The zero-order chi connectivity index (χ0) is 19.6. The number of carbonyl (C=O) groups excluding carboxylic acids is 2. The van der Waals surface area contributed by atoms with Gasteiger partial charge in [0.15, 0.2) is 0 Å². The Kier molecular flexibility index (Phi) is 5.04. The lowest BCUT2D eigenvalue weighted by molar-refractivity contribution is -0.139. The van der Waals surface area contributed by atoms with Crippen LogP contribution < -0.4 is 10.1 Å². The van der Waals surface area contributed by atoms with E-state index in [4.69, 9.17) is 9.47 Å². The first-order valence-corrected chi connectivity index (χ1v) is 8.87. The van der Waals surface area contributed by atoms with Crippen LogP contribution in [0.4, 0.5) is 0 Å². The molecule has 0 aliphatic heterocycles. The summed E-state index contributed by atoms with van der Waals surface area (Å²) >= 11 is 0. The van der Waals surface area contributed by atoms with Gasteiger partial charge in [0.1, 0.15) is 5.75 Å². The van der Waals surface area contributed by atoms with Crippen LogP contribution in [0.2, 0.25) is 0 Å². The summed E-state index contributed by atoms with van der Waals surface area (Å²) < 4.78 is 10.7. The monoisotopic (exact) mass is 365 g/mol. The van der Waals surface area contributed by atoms with Crippen LogP contribution in [-0.2, 0) is 19.9 Å². The Morgan fingerprint density at radius 3 is 2.41 bits per heavy atom. The number of hydrogen-bond acceptors (Lipinski definition) is 4. The van der Waals surface area contributed by atoms with Crippen LogP contribution in [0, 0.1) is 0 Å². The molecular formula is C22H23NO4. The molecule has 0 fully saturated rings. The van der Waals surface area contributed by atoms with E-state index in [2.05, 4.69) is 5.32 Å². The molecule has 5 nitrogen and oxygen atoms in total. The van der Waals surface area contributed by atoms with Crippen LogP contribution >= 0.6 is 0 Å². The van der Waals surface area contributed by atoms with Gasteiger partial charge in [0.2, 0.25) is 5.91 Å². The van der Waals surface area contributed by atoms with Gasteiger partial charge in [-0.05, 0) is 42.7 Å². The van der Waals surface area contributed by atoms with Gasteiger partial charge in [0.25, 0.3) is 0 Å². The molecule has 1 aliphatic carbocycles. The number of rotatable bonds is 5. The van der Waals surface area contributed by atoms with E-state index in [1.807, 2.05) is 55.5 Å². The quantitative estimate of drug-likeness (QED) is 0.825. The number of esters is 1. The smallest absolute Gasteiger partial charge is 0.337 e. The molecule has 0 bridgehead atoms. The van der Waals surface area contributed by atoms with Crippen molar-refractivity contribution in [1.29, 1.82) is 0 Å². The summed E-state index contributed by atoms with van der Waals surface area (Å²) in [6, 6.07) is 15.3. The second kappa shape index (κ2) is 7.27. The normalized spacial score (nSPS) is 18.1. The zero-order valence-corrected chi connectivity index (χ0v) is 16.0. The number of amides is 1. The van der Waals surface area contributed by atoms with Crippen LogP contribution in [0.3, 0.4) is 0 Å². The molecule has 3 rings (SSSR count). The number of nitrogens with one attached hydrogen (secondary N) is 1. The van der Waals surface area contributed by atoms with Gasteiger partial charge in [-0.25, -0.2) is 4.79 Å². The SMILES string of the molecule is CCOC(=O)C1=C(c2ccccc2)c2ccc(OC)cc2C1(C)NC(C)=O. The van der Waals surface area contributed by atoms with Gasteiger partial charge < -0.3 is 14.8 Å². The Bertz CT molecular complexity index is 917. The summed E-state index contributed by atoms with van der Waals surface area (Å²) in [5.41, 5.74) is 2.74. The van der Waals surface area contributed by atoms with Crippen molar-refractivity contribution in [3.05, 3.63) is 70.8 Å². The van der Waals surface area contributed by atoms with Crippen molar-refractivity contribution in [2.45, 2.75) is 26.3 Å². The molecule has 140 valence electrons. The first-order chi connectivity index (χ1) is 12.9. The van der Waals surface area contributed by atoms with E-state index in [-0.39, 0.29) is 12.5 Å². The third kappa shape index (κ3) is 3.21. The molecule has 2 aromatic rings. The largest absolute Gasteiger partial charge is 0.497 e. The maximum absolute atomic E-state index is 13.0. The molecule has 0 spiro atoms. The maximum atomic E-state index is 13.0. The predicted molar refractivity (Wildman–Crippen MR) is 103 cm³/mol. The molecule has 0 saturated heterocycles. The van der Waals surface area contributed by atoms with Gasteiger partial charge in [0.05, 0.1) is 24.8 Å². The molecule has 0 aromatic heterocycles. The topological polar surface area (TPSA) is 64.6 Å². The van der Waals surface area contributed by atoms with Gasteiger partial charge in [-0.15, -0.1) is 0 Å². The van der Waals surface area contributed by atoms with Crippen molar-refractivity contribution in [2.75, 3.05) is 13.7 Å². The highest BCUT2D eigenvalue weighted by atomic mass is 16.5. The number of hydrogen-bond donors (Lipinski definition) is 1. The Morgan fingerprint density at radius 1 is 1.11 bits per heavy atom. The summed E-state index contributed by atoms with van der Waals surface area (Å²) in [6.07, 6.45) is 0. The molecular weight excluding hydrogens is 342 g/mol. The first kappa shape index (κ1) is 18.7. The van der Waals surface area contributed by atoms with Gasteiger partial charge in [0, 0.05) is 12.5 Å². The van der Waals surface area contributed by atoms with Gasteiger partial charge in [-0.1, -0.05) is 36.4 Å². The molecule has 5 heteroatoms. The minimum atomic E-state index is -1.02. The van der Waals surface area contributed by atoms with E-state index >= 15 is 0 Å². The molecule has 1 N–H and O–H groups in total. The van der Waals surface area contributed by atoms with Crippen LogP contribution in [-0.4, -0.2) is 25.6 Å². The highest BCUT2D eigenvalue weighted by Crippen LogP contribution is 2.48. The predicted octanol–water partition coefficient (Wildman–Crippen LogP) is 3.43. The van der Waals surface area contributed by atoms with Crippen molar-refractivity contribution in [1.82, 2.24) is 5.32 Å². The van der Waals surface area contributed by atoms with Gasteiger partial charge >= 0.3 is 5.97 Å². The van der Waals surface area contributed by atoms with E-state index in [0.29, 0.717) is 11.3 Å². The van der Waals surface area contributed by atoms with Gasteiger partial charge in [-0.2, -0.15) is 0 Å². The standard InChI is InChI=1S/C22H23NO4/c1-5-27-21(25)20-19(15-9-7-6-8-10-15)17-12-11-16(26-4)13-18(17)22(20,3)23-14(2)24/h6-13H,5H2,1-4H3,(H,23,24). The second-order valence-electron chi connectivity index (χ2n) is 6.55. The summed E-state index contributed by atoms with van der Waals surface area (Å²) in [6.45, 7) is 5.28. The molecule has 1 unspecified atom stereocenters. The van der Waals surface area contributed by atoms with Crippen LogP contribution in [0.15, 0.2) is 54.1 Å². The summed E-state index contributed by atoms with van der Waals surface area (Å²) in [7, 11) is 1.59. The van der Waals surface area contributed by atoms with Crippen LogP contribution in [0.1, 0.15) is 37.5 Å². The lowest BCUT2D eigenvalue weighted by atomic mass is 9.87. The Hall–Kier alpha value is -3.08. The number of ether oxygens (including phenoxy) is 2. The number of benzene rings is 2. The highest BCUT2D eigenvalue weighted by Gasteiger charge is 2.46. The maximum Gasteiger partial charge on any atom is 0.337 e. The summed E-state index contributed by atoms with van der Waals surface area (Å²) in [4.78, 5) is 25.0. The molecule has 2 aromatic carbocycles. The fourth-order valence-electron chi connectivity index (χ4n) is 3.70. The Balaban J connectivity index is 2.35. The molecule has 0 radical (unpaired) electrons. The molecule has 1 aliphatic rings. The number of methoxy groups -OCH3 is 1. The minimum Gasteiger partial charge on any atom is -0.497 e. The second-order valence-corrected chi connectivity index (χ2v) is 6.55. The first-order valence-electron chi connectivity index (χ1n) is 8.87. The average molecular weight is 365 g/mol. The molecule has 1 amide bonds. The molecule has 27 heavy (non-hydrogen) atoms. The lowest BCUT2D eigenvalue weighted by Gasteiger charge is -2.29. The van der Waals surface area contributed by atoms with Crippen molar-refractivity contribution in [3.63, 3.8) is 0 Å². The third-order valence-corrected chi connectivity index (χ3v) is 4.75. The van der Waals surface area contributed by atoms with E-state index in [1.165, 1.54) is 6.92 Å². The number of carbonyl (C=O) groups is 2. The minimum absolute atomic E-state index is 0.234. The van der Waals surface area contributed by atoms with E-state index in [9.17, 15) is 9.59 Å². The highest BCUT2D eigenvalue weighted by molar-refractivity contribution is 6.08. The lowest BCUT2D eigenvalue weighted by Crippen LogP contribution is -2.45. The van der Waals surface area contributed by atoms with Crippen molar-refractivity contribution >= 4 is 17.4 Å². The third-order valence-electron chi connectivity index (χ3n) is 4.75. The summed E-state index contributed by atoms with van der Waals surface area (Å²) in [5, 5.41) is 2.96. The molecule has 0 saturated carbocycles. The Morgan fingerprint density at radius 2 is 1.81 bits per heavy atom. The Labute approximate surface area is 159 Å². The zero-order valence-electron chi connectivity index (χ0n) is 16.0. The van der Waals surface area contributed by atoms with Crippen molar-refractivity contribution < 1.29 is 19.1 Å². The fraction of sp³-hybridized carbons (Fsp3) is 0.273. The van der Waals surface area contributed by atoms with Crippen molar-refractivity contribution in [3.8, 4) is 5.75 Å².